The molecule has 0 fully saturated rings. The molecule has 1 atom stereocenters. The van der Waals surface area contributed by atoms with Gasteiger partial charge >= 0.3 is 5.97 Å². The Kier molecular flexibility index (Phi) is 8.84. The van der Waals surface area contributed by atoms with Crippen LogP contribution in [0, 0.1) is 5.92 Å². The average Bonchev–Trinajstić information content (AvgIpc) is 2.70. The highest BCUT2D eigenvalue weighted by Crippen LogP contribution is 2.32. The smallest absolute Gasteiger partial charge is 0.338 e. The zero-order valence-corrected chi connectivity index (χ0v) is 19.4. The van der Waals surface area contributed by atoms with Gasteiger partial charge in [0.15, 0.2) is 5.11 Å². The second kappa shape index (κ2) is 11.1. The zero-order valence-electron chi connectivity index (χ0n) is 18.6. The molecule has 0 aliphatic carbocycles. The van der Waals surface area contributed by atoms with E-state index in [9.17, 15) is 9.59 Å². The fraction of sp³-hybridized carbons (Fsp3) is 0.522. The van der Waals surface area contributed by atoms with E-state index >= 15 is 0 Å². The zero-order chi connectivity index (χ0) is 22.3. The molecule has 2 N–H and O–H groups in total. The Balaban J connectivity index is 2.27. The molecule has 0 radical (unpaired) electrons. The summed E-state index contributed by atoms with van der Waals surface area (Å²) in [6, 6.07) is 7.08. The van der Waals surface area contributed by atoms with Crippen LogP contribution in [0.3, 0.4) is 0 Å². The van der Waals surface area contributed by atoms with E-state index in [0.29, 0.717) is 29.4 Å². The van der Waals surface area contributed by atoms with Crippen molar-refractivity contribution in [2.45, 2.75) is 59.4 Å². The van der Waals surface area contributed by atoms with Gasteiger partial charge in [-0.25, -0.2) is 4.79 Å². The van der Waals surface area contributed by atoms with Crippen LogP contribution >= 0.6 is 12.2 Å². The van der Waals surface area contributed by atoms with Crippen LogP contribution in [-0.4, -0.2) is 35.5 Å². The van der Waals surface area contributed by atoms with Crippen LogP contribution in [-0.2, 0) is 14.3 Å². The van der Waals surface area contributed by atoms with Crippen molar-refractivity contribution in [2.24, 2.45) is 5.92 Å². The number of rotatable bonds is 9. The van der Waals surface area contributed by atoms with E-state index in [4.69, 9.17) is 17.0 Å². The molecule has 6 nitrogen and oxygen atoms in total. The lowest BCUT2D eigenvalue weighted by molar-refractivity contribution is -0.140. The molecule has 1 heterocycles. The van der Waals surface area contributed by atoms with E-state index in [1.54, 1.807) is 4.90 Å². The van der Waals surface area contributed by atoms with E-state index in [1.807, 2.05) is 52.1 Å². The maximum atomic E-state index is 12.9. The summed E-state index contributed by atoms with van der Waals surface area (Å²) in [5, 5.41) is 6.73. The molecule has 0 aromatic heterocycles. The quantitative estimate of drug-likeness (QED) is 0.340. The number of hydrogen-bond donors (Lipinski definition) is 2. The Morgan fingerprint density at radius 1 is 1.30 bits per heavy atom. The van der Waals surface area contributed by atoms with E-state index in [0.717, 1.165) is 30.5 Å². The molecule has 164 valence electrons. The molecule has 1 aliphatic heterocycles. The first-order chi connectivity index (χ1) is 14.2. The normalized spacial score (nSPS) is 16.5. The van der Waals surface area contributed by atoms with E-state index in [-0.39, 0.29) is 17.8 Å². The van der Waals surface area contributed by atoms with Gasteiger partial charge in [0.1, 0.15) is 0 Å². The standard InChI is InChI=1S/C23H33N3O3S/c1-6-7-8-12-19(27)24-18-11-9-10-17(13-18)21-20(22(28)29-14-15(2)3)16(4)26(5)23(30)25-21/h9-11,13,15,21H,6-8,12,14H2,1-5H3,(H,24,27)(H,25,30). The second-order valence-corrected chi connectivity index (χ2v) is 8.45. The molecule has 0 saturated carbocycles. The Labute approximate surface area is 185 Å². The Hall–Kier alpha value is -2.41. The van der Waals surface area contributed by atoms with Crippen LogP contribution in [0.2, 0.25) is 0 Å². The maximum absolute atomic E-state index is 12.9. The molecule has 1 aromatic rings. The van der Waals surface area contributed by atoms with Gasteiger partial charge in [-0.2, -0.15) is 0 Å². The molecular formula is C23H33N3O3S. The number of hydrogen-bond acceptors (Lipinski definition) is 4. The van der Waals surface area contributed by atoms with Gasteiger partial charge in [-0.05, 0) is 49.2 Å². The highest BCUT2D eigenvalue weighted by molar-refractivity contribution is 7.80. The highest BCUT2D eigenvalue weighted by atomic mass is 32.1. The molecule has 1 aromatic carbocycles. The largest absolute Gasteiger partial charge is 0.462 e. The molecule has 0 saturated heterocycles. The van der Waals surface area contributed by atoms with Crippen molar-refractivity contribution in [3.63, 3.8) is 0 Å². The summed E-state index contributed by atoms with van der Waals surface area (Å²) in [4.78, 5) is 26.9. The number of carbonyl (C=O) groups excluding carboxylic acids is 2. The van der Waals surface area contributed by atoms with Crippen molar-refractivity contribution in [3.05, 3.63) is 41.1 Å². The van der Waals surface area contributed by atoms with Gasteiger partial charge in [0.2, 0.25) is 5.91 Å². The number of esters is 1. The number of benzene rings is 1. The molecule has 0 bridgehead atoms. The summed E-state index contributed by atoms with van der Waals surface area (Å²) < 4.78 is 5.52. The van der Waals surface area contributed by atoms with Gasteiger partial charge in [-0.15, -0.1) is 0 Å². The van der Waals surface area contributed by atoms with Gasteiger partial charge < -0.3 is 20.3 Å². The minimum atomic E-state index is -0.440. The van der Waals surface area contributed by atoms with Gasteiger partial charge in [-0.3, -0.25) is 4.79 Å². The van der Waals surface area contributed by atoms with Gasteiger partial charge in [0, 0.05) is 24.9 Å². The van der Waals surface area contributed by atoms with Gasteiger partial charge in [0.25, 0.3) is 0 Å². The molecule has 0 spiro atoms. The third-order valence-electron chi connectivity index (χ3n) is 5.03. The second-order valence-electron chi connectivity index (χ2n) is 8.06. The fourth-order valence-corrected chi connectivity index (χ4v) is 3.48. The fourth-order valence-electron chi connectivity index (χ4n) is 3.23. The predicted octanol–water partition coefficient (Wildman–Crippen LogP) is 4.54. The van der Waals surface area contributed by atoms with Gasteiger partial charge in [-0.1, -0.05) is 45.7 Å². The molecule has 30 heavy (non-hydrogen) atoms. The van der Waals surface area contributed by atoms with Crippen LogP contribution in [0.5, 0.6) is 0 Å². The number of carbonyl (C=O) groups is 2. The number of anilines is 1. The maximum Gasteiger partial charge on any atom is 0.338 e. The summed E-state index contributed by atoms with van der Waals surface area (Å²) in [7, 11) is 1.82. The minimum absolute atomic E-state index is 0.00394. The number of allylic oxidation sites excluding steroid dienone is 1. The monoisotopic (exact) mass is 431 g/mol. The van der Waals surface area contributed by atoms with Gasteiger partial charge in [0.05, 0.1) is 18.2 Å². The predicted molar refractivity (Wildman–Crippen MR) is 124 cm³/mol. The number of nitrogens with zero attached hydrogens (tertiary/aromatic N) is 1. The lowest BCUT2D eigenvalue weighted by Crippen LogP contribution is -2.46. The highest BCUT2D eigenvalue weighted by Gasteiger charge is 2.33. The van der Waals surface area contributed by atoms with Crippen LogP contribution in [0.25, 0.3) is 0 Å². The number of amides is 1. The number of thiocarbonyl (C=S) groups is 1. The number of ether oxygens (including phenoxy) is 1. The first-order valence-electron chi connectivity index (χ1n) is 10.6. The van der Waals surface area contributed by atoms with Crippen LogP contribution < -0.4 is 10.6 Å². The number of unbranched alkanes of at least 4 members (excludes halogenated alkanes) is 2. The first-order valence-corrected chi connectivity index (χ1v) is 11.0. The Morgan fingerprint density at radius 2 is 2.03 bits per heavy atom. The topological polar surface area (TPSA) is 70.7 Å². The van der Waals surface area contributed by atoms with Crippen molar-refractivity contribution in [3.8, 4) is 0 Å². The Morgan fingerprint density at radius 3 is 2.70 bits per heavy atom. The van der Waals surface area contributed by atoms with E-state index in [1.165, 1.54) is 0 Å². The lowest BCUT2D eigenvalue weighted by Gasteiger charge is -2.35. The van der Waals surface area contributed by atoms with Crippen LogP contribution in [0.4, 0.5) is 5.69 Å². The van der Waals surface area contributed by atoms with E-state index < -0.39 is 6.04 Å². The molecule has 2 rings (SSSR count). The summed E-state index contributed by atoms with van der Waals surface area (Å²) in [5.41, 5.74) is 2.82. The summed E-state index contributed by atoms with van der Waals surface area (Å²) in [5.74, 6) is -0.118. The first kappa shape index (κ1) is 23.9. The molecule has 1 unspecified atom stereocenters. The number of nitrogens with one attached hydrogen (secondary N) is 2. The van der Waals surface area contributed by atoms with Crippen molar-refractivity contribution in [1.29, 1.82) is 0 Å². The van der Waals surface area contributed by atoms with Crippen molar-refractivity contribution in [2.75, 3.05) is 19.0 Å². The summed E-state index contributed by atoms with van der Waals surface area (Å²) >= 11 is 5.45. The molecule has 1 amide bonds. The molecular weight excluding hydrogens is 398 g/mol. The minimum Gasteiger partial charge on any atom is -0.462 e. The third-order valence-corrected chi connectivity index (χ3v) is 5.42. The van der Waals surface area contributed by atoms with Crippen molar-refractivity contribution < 1.29 is 14.3 Å². The average molecular weight is 432 g/mol. The van der Waals surface area contributed by atoms with Crippen molar-refractivity contribution in [1.82, 2.24) is 10.2 Å². The lowest BCUT2D eigenvalue weighted by atomic mass is 9.94. The van der Waals surface area contributed by atoms with E-state index in [2.05, 4.69) is 17.6 Å². The van der Waals surface area contributed by atoms with Crippen LogP contribution in [0.1, 0.15) is 65.0 Å². The SMILES string of the molecule is CCCCCC(=O)Nc1cccc(C2NC(=S)N(C)C(C)=C2C(=O)OCC(C)C)c1. The molecule has 1 aliphatic rings. The summed E-state index contributed by atoms with van der Waals surface area (Å²) in [6.07, 6.45) is 3.49. The van der Waals surface area contributed by atoms with Crippen LogP contribution in [0.15, 0.2) is 35.5 Å². The molecule has 7 heteroatoms. The Bertz CT molecular complexity index is 820. The third kappa shape index (κ3) is 6.29. The summed E-state index contributed by atoms with van der Waals surface area (Å²) in [6.45, 7) is 8.33. The van der Waals surface area contributed by atoms with Crippen molar-refractivity contribution >= 4 is 34.9 Å².